The first kappa shape index (κ1) is 30.7. The van der Waals surface area contributed by atoms with Crippen LogP contribution in [0.3, 0.4) is 0 Å². The molecule has 39 heavy (non-hydrogen) atoms. The number of aromatic nitrogens is 3. The summed E-state index contributed by atoms with van der Waals surface area (Å²) < 4.78 is 55.1. The van der Waals surface area contributed by atoms with Gasteiger partial charge < -0.3 is 15.4 Å². The molecule has 0 spiro atoms. The monoisotopic (exact) mass is 568 g/mol. The minimum absolute atomic E-state index is 0.0343. The maximum Gasteiger partial charge on any atom is 0.389 e. The highest BCUT2D eigenvalue weighted by Crippen LogP contribution is 2.28. The van der Waals surface area contributed by atoms with Crippen molar-refractivity contribution in [2.24, 2.45) is 0 Å². The van der Waals surface area contributed by atoms with Crippen LogP contribution in [0.25, 0.3) is 22.2 Å². The largest absolute Gasteiger partial charge is 0.389 e. The van der Waals surface area contributed by atoms with Crippen molar-refractivity contribution in [3.05, 3.63) is 46.6 Å². The lowest BCUT2D eigenvalue weighted by atomic mass is 9.95. The van der Waals surface area contributed by atoms with Gasteiger partial charge in [0.1, 0.15) is 11.5 Å². The maximum atomic E-state index is 14.5. The van der Waals surface area contributed by atoms with Gasteiger partial charge in [0.05, 0.1) is 12.1 Å². The van der Waals surface area contributed by atoms with Crippen LogP contribution in [0.1, 0.15) is 58.4 Å². The zero-order valence-corrected chi connectivity index (χ0v) is 23.5. The Kier molecular flexibility index (Phi) is 10.6. The van der Waals surface area contributed by atoms with Crippen molar-refractivity contribution in [3.8, 4) is 11.1 Å². The molecule has 214 valence electrons. The number of hydrogen-bond acceptors (Lipinski definition) is 7. The van der Waals surface area contributed by atoms with Crippen LogP contribution >= 0.6 is 11.9 Å². The van der Waals surface area contributed by atoms with E-state index >= 15 is 0 Å². The summed E-state index contributed by atoms with van der Waals surface area (Å²) in [5.41, 5.74) is 6.27. The van der Waals surface area contributed by atoms with E-state index in [0.717, 1.165) is 24.1 Å². The molecule has 4 rings (SSSR count). The predicted molar refractivity (Wildman–Crippen MR) is 151 cm³/mol. The van der Waals surface area contributed by atoms with Gasteiger partial charge in [-0.1, -0.05) is 37.3 Å². The number of nitrogens with two attached hydrogens (primary N) is 1. The van der Waals surface area contributed by atoms with E-state index in [1.165, 1.54) is 55.0 Å². The second kappa shape index (κ2) is 13.5. The minimum Gasteiger partial charge on any atom is -0.368 e. The number of nitrogens with zero attached hydrogens (tertiary/aromatic N) is 4. The Hall–Kier alpha value is -2.86. The highest BCUT2D eigenvalue weighted by molar-refractivity contribution is 8.00. The second-order valence-corrected chi connectivity index (χ2v) is 11.0. The van der Waals surface area contributed by atoms with Crippen LogP contribution in [0, 0.1) is 5.82 Å². The number of nitrogen functional groups attached to an aromatic ring is 1. The normalized spacial score (nSPS) is 14.5. The number of alkyl halides is 3. The standard InChI is InChI=1S/C19H19F4N5OS.C8H17N/c1-10(2)28-16-12(9-25-18(24)26-16)7-13(17(28)29)11-3-4-15(14(20)8-11)27-30-6-5-19(21,22)23;1-9(2)8-6-4-3-5-7-8/h3-4,7-10,27H,5-6H2,1-2H3,(H2,24,25,26);8H,3-7H2,1-2H3. The third-order valence-electron chi connectivity index (χ3n) is 6.56. The van der Waals surface area contributed by atoms with Crippen LogP contribution in [0.5, 0.6) is 0 Å². The molecule has 0 aliphatic heterocycles. The Morgan fingerprint density at radius 3 is 2.44 bits per heavy atom. The van der Waals surface area contributed by atoms with E-state index in [-0.39, 0.29) is 34.6 Å². The SMILES string of the molecule is CC(C)n1c(=O)c(-c2ccc(NSCCC(F)(F)F)c(F)c2)cc2cnc(N)nc21.CN(C)C1CCCCC1. The molecule has 1 aromatic carbocycles. The molecule has 12 heteroatoms. The first-order valence-electron chi connectivity index (χ1n) is 13.0. The van der Waals surface area contributed by atoms with Crippen LogP contribution in [-0.4, -0.2) is 51.5 Å². The molecule has 0 saturated heterocycles. The highest BCUT2D eigenvalue weighted by Gasteiger charge is 2.26. The molecule has 1 saturated carbocycles. The molecule has 0 radical (unpaired) electrons. The fourth-order valence-electron chi connectivity index (χ4n) is 4.48. The fraction of sp³-hybridized carbons (Fsp3) is 0.519. The number of fused-ring (bicyclic) bond motifs is 1. The Morgan fingerprint density at radius 1 is 1.18 bits per heavy atom. The van der Waals surface area contributed by atoms with Gasteiger partial charge in [-0.05, 0) is 64.5 Å². The number of benzene rings is 1. The van der Waals surface area contributed by atoms with Crippen molar-refractivity contribution >= 4 is 34.6 Å². The molecule has 3 N–H and O–H groups in total. The Labute approximate surface area is 230 Å². The summed E-state index contributed by atoms with van der Waals surface area (Å²) in [6, 6.07) is 6.30. The summed E-state index contributed by atoms with van der Waals surface area (Å²) >= 11 is 0.758. The lowest BCUT2D eigenvalue weighted by Gasteiger charge is -2.27. The van der Waals surface area contributed by atoms with E-state index in [2.05, 4.69) is 33.7 Å². The topological polar surface area (TPSA) is 89.1 Å². The highest BCUT2D eigenvalue weighted by atomic mass is 32.2. The van der Waals surface area contributed by atoms with Gasteiger partial charge in [-0.15, -0.1) is 0 Å². The minimum atomic E-state index is -4.27. The van der Waals surface area contributed by atoms with E-state index in [1.54, 1.807) is 6.07 Å². The van der Waals surface area contributed by atoms with Crippen molar-refractivity contribution in [1.29, 1.82) is 0 Å². The fourth-order valence-corrected chi connectivity index (χ4v) is 5.23. The van der Waals surface area contributed by atoms with Gasteiger partial charge >= 0.3 is 6.18 Å². The molecule has 0 atom stereocenters. The van der Waals surface area contributed by atoms with Gasteiger partial charge in [0.25, 0.3) is 5.56 Å². The van der Waals surface area contributed by atoms with Crippen LogP contribution in [-0.2, 0) is 0 Å². The molecule has 0 bridgehead atoms. The zero-order valence-electron chi connectivity index (χ0n) is 22.7. The van der Waals surface area contributed by atoms with Gasteiger partial charge in [0.2, 0.25) is 5.95 Å². The lowest BCUT2D eigenvalue weighted by Crippen LogP contribution is -2.29. The summed E-state index contributed by atoms with van der Waals surface area (Å²) in [6.45, 7) is 3.63. The molecule has 7 nitrogen and oxygen atoms in total. The summed E-state index contributed by atoms with van der Waals surface area (Å²) in [6.07, 6.45) is 3.44. The van der Waals surface area contributed by atoms with E-state index in [9.17, 15) is 22.4 Å². The predicted octanol–water partition coefficient (Wildman–Crippen LogP) is 6.65. The van der Waals surface area contributed by atoms with Crippen molar-refractivity contribution in [2.75, 3.05) is 30.3 Å². The maximum absolute atomic E-state index is 14.5. The molecule has 1 aliphatic carbocycles. The van der Waals surface area contributed by atoms with Crippen molar-refractivity contribution in [2.45, 2.75) is 70.6 Å². The number of halogens is 4. The van der Waals surface area contributed by atoms with Gasteiger partial charge in [-0.25, -0.2) is 9.37 Å². The number of anilines is 2. The molecule has 1 aliphatic rings. The molecule has 2 heterocycles. The van der Waals surface area contributed by atoms with E-state index < -0.39 is 18.4 Å². The Bertz CT molecular complexity index is 1310. The summed E-state index contributed by atoms with van der Waals surface area (Å²) in [5, 5.41) is 0.567. The molecule has 0 unspecified atom stereocenters. The number of nitrogens with one attached hydrogen (secondary N) is 1. The van der Waals surface area contributed by atoms with E-state index in [4.69, 9.17) is 5.73 Å². The van der Waals surface area contributed by atoms with Crippen LogP contribution in [0.4, 0.5) is 29.2 Å². The second-order valence-electron chi connectivity index (χ2n) is 10.1. The number of rotatable bonds is 7. The Balaban J connectivity index is 0.000000395. The smallest absolute Gasteiger partial charge is 0.368 e. The average molecular weight is 569 g/mol. The molecular formula is C27H36F4N6OS. The van der Waals surface area contributed by atoms with Crippen LogP contribution in [0.15, 0.2) is 35.3 Å². The lowest BCUT2D eigenvalue weighted by molar-refractivity contribution is -0.129. The van der Waals surface area contributed by atoms with Gasteiger partial charge in [0, 0.05) is 35.0 Å². The summed E-state index contributed by atoms with van der Waals surface area (Å²) in [4.78, 5) is 23.5. The molecule has 3 aromatic rings. The molecule has 2 aromatic heterocycles. The van der Waals surface area contributed by atoms with Crippen molar-refractivity contribution < 1.29 is 17.6 Å². The summed E-state index contributed by atoms with van der Waals surface area (Å²) in [5.74, 6) is -0.901. The third kappa shape index (κ3) is 8.56. The van der Waals surface area contributed by atoms with Crippen molar-refractivity contribution in [3.63, 3.8) is 0 Å². The molecular weight excluding hydrogens is 532 g/mol. The first-order valence-corrected chi connectivity index (χ1v) is 13.9. The van der Waals surface area contributed by atoms with Crippen molar-refractivity contribution in [1.82, 2.24) is 19.4 Å². The molecule has 0 amide bonds. The quantitative estimate of drug-likeness (QED) is 0.187. The Morgan fingerprint density at radius 2 is 1.87 bits per heavy atom. The van der Waals surface area contributed by atoms with Gasteiger partial charge in [-0.2, -0.15) is 18.2 Å². The van der Waals surface area contributed by atoms with Gasteiger partial charge in [-0.3, -0.25) is 9.36 Å². The molecule has 1 fully saturated rings. The van der Waals surface area contributed by atoms with E-state index in [0.29, 0.717) is 16.6 Å². The first-order chi connectivity index (χ1) is 18.4. The number of pyridine rings is 1. The van der Waals surface area contributed by atoms with Crippen LogP contribution in [0.2, 0.25) is 0 Å². The van der Waals surface area contributed by atoms with Crippen LogP contribution < -0.4 is 16.0 Å². The van der Waals surface area contributed by atoms with E-state index in [1.807, 2.05) is 13.8 Å². The van der Waals surface area contributed by atoms with Gasteiger partial charge in [0.15, 0.2) is 0 Å². The summed E-state index contributed by atoms with van der Waals surface area (Å²) in [7, 11) is 4.38. The zero-order chi connectivity index (χ0) is 28.7. The third-order valence-corrected chi connectivity index (χ3v) is 7.34. The average Bonchev–Trinajstić information content (AvgIpc) is 2.87. The number of hydrogen-bond donors (Lipinski definition) is 2.